The SMILES string of the molecule is O=C(C[NH+]1CC[NH+](CCOc2ccccc2)CC1)NC(=O)Nc1ccccc1F. The zero-order chi connectivity index (χ0) is 20.5. The first-order valence-corrected chi connectivity index (χ1v) is 9.80. The molecule has 1 heterocycles. The highest BCUT2D eigenvalue weighted by atomic mass is 19.1. The number of urea groups is 1. The van der Waals surface area contributed by atoms with Crippen molar-refractivity contribution in [3.8, 4) is 5.75 Å². The summed E-state index contributed by atoms with van der Waals surface area (Å²) < 4.78 is 19.3. The Kier molecular flexibility index (Phi) is 7.54. The molecule has 3 rings (SSSR count). The molecular formula is C21H27FN4O3+2. The second-order valence-corrected chi connectivity index (χ2v) is 7.07. The topological polar surface area (TPSA) is 76.3 Å². The molecule has 154 valence electrons. The number of hydrogen-bond acceptors (Lipinski definition) is 3. The lowest BCUT2D eigenvalue weighted by Gasteiger charge is -2.29. The normalized spacial score (nSPS) is 18.7. The van der Waals surface area contributed by atoms with Crippen LogP contribution < -0.4 is 25.2 Å². The Morgan fingerprint density at radius 3 is 2.31 bits per heavy atom. The van der Waals surface area contributed by atoms with Crippen molar-refractivity contribution in [2.24, 2.45) is 0 Å². The van der Waals surface area contributed by atoms with E-state index < -0.39 is 11.8 Å². The van der Waals surface area contributed by atoms with E-state index >= 15 is 0 Å². The van der Waals surface area contributed by atoms with Gasteiger partial charge in [-0.15, -0.1) is 0 Å². The fraction of sp³-hybridized carbons (Fsp3) is 0.333. The second-order valence-electron chi connectivity index (χ2n) is 7.07. The molecule has 0 bridgehead atoms. The third kappa shape index (κ3) is 6.85. The molecule has 0 spiro atoms. The average Bonchev–Trinajstić information content (AvgIpc) is 2.72. The largest absolute Gasteiger partial charge is 0.488 e. The first-order chi connectivity index (χ1) is 14.1. The number of ether oxygens (including phenoxy) is 1. The Morgan fingerprint density at radius 1 is 0.931 bits per heavy atom. The number of imide groups is 1. The number of nitrogens with one attached hydrogen (secondary N) is 4. The van der Waals surface area contributed by atoms with Crippen LogP contribution in [0.3, 0.4) is 0 Å². The molecule has 4 N–H and O–H groups in total. The van der Waals surface area contributed by atoms with E-state index in [1.54, 1.807) is 6.07 Å². The first kappa shape index (κ1) is 20.8. The van der Waals surface area contributed by atoms with Crippen molar-refractivity contribution >= 4 is 17.6 Å². The number of quaternary nitrogens is 2. The molecule has 1 saturated heterocycles. The lowest BCUT2D eigenvalue weighted by atomic mass is 10.3. The molecule has 0 atom stereocenters. The summed E-state index contributed by atoms with van der Waals surface area (Å²) in [6.45, 7) is 5.39. The van der Waals surface area contributed by atoms with Crippen molar-refractivity contribution in [3.05, 3.63) is 60.4 Å². The van der Waals surface area contributed by atoms with Crippen molar-refractivity contribution in [1.82, 2.24) is 5.32 Å². The standard InChI is InChI=1S/C21H25FN4O3/c22-18-8-4-5-9-19(18)23-21(28)24-20(27)16-26-12-10-25(11-13-26)14-15-29-17-6-2-1-3-7-17/h1-9H,10-16H2,(H2,23,24,27,28)/p+2. The van der Waals surface area contributed by atoms with E-state index in [2.05, 4.69) is 10.6 Å². The molecule has 2 aromatic carbocycles. The summed E-state index contributed by atoms with van der Waals surface area (Å²) in [6.07, 6.45) is 0. The number of piperazine rings is 1. The van der Waals surface area contributed by atoms with Gasteiger partial charge in [0.05, 0.1) is 5.69 Å². The quantitative estimate of drug-likeness (QED) is 0.497. The Morgan fingerprint density at radius 2 is 1.59 bits per heavy atom. The molecule has 2 aromatic rings. The third-order valence-corrected chi connectivity index (χ3v) is 4.92. The van der Waals surface area contributed by atoms with Crippen LogP contribution in [0.15, 0.2) is 54.6 Å². The minimum Gasteiger partial charge on any atom is -0.488 e. The number of amides is 3. The Hall–Kier alpha value is -2.97. The summed E-state index contributed by atoms with van der Waals surface area (Å²) in [4.78, 5) is 26.5. The lowest BCUT2D eigenvalue weighted by Crippen LogP contribution is -3.28. The number of para-hydroxylation sites is 2. The molecule has 8 heteroatoms. The second kappa shape index (κ2) is 10.5. The van der Waals surface area contributed by atoms with E-state index in [0.717, 1.165) is 43.4 Å². The van der Waals surface area contributed by atoms with E-state index in [0.29, 0.717) is 6.61 Å². The van der Waals surface area contributed by atoms with Crippen molar-refractivity contribution in [1.29, 1.82) is 0 Å². The van der Waals surface area contributed by atoms with E-state index in [-0.39, 0.29) is 18.1 Å². The van der Waals surface area contributed by atoms with Crippen LogP contribution in [-0.2, 0) is 4.79 Å². The summed E-state index contributed by atoms with van der Waals surface area (Å²) >= 11 is 0. The fourth-order valence-electron chi connectivity index (χ4n) is 3.33. The molecule has 1 aliphatic heterocycles. The third-order valence-electron chi connectivity index (χ3n) is 4.92. The van der Waals surface area contributed by atoms with Gasteiger partial charge in [-0.1, -0.05) is 30.3 Å². The van der Waals surface area contributed by atoms with E-state index in [1.165, 1.54) is 23.1 Å². The van der Waals surface area contributed by atoms with Gasteiger partial charge in [-0.05, 0) is 24.3 Å². The number of rotatable bonds is 7. The minimum atomic E-state index is -0.721. The number of benzene rings is 2. The van der Waals surface area contributed by atoms with Gasteiger partial charge >= 0.3 is 6.03 Å². The van der Waals surface area contributed by atoms with Gasteiger partial charge in [0.1, 0.15) is 50.9 Å². The monoisotopic (exact) mass is 402 g/mol. The van der Waals surface area contributed by atoms with Gasteiger partial charge < -0.3 is 19.9 Å². The molecule has 0 saturated carbocycles. The molecule has 29 heavy (non-hydrogen) atoms. The number of anilines is 1. The zero-order valence-electron chi connectivity index (χ0n) is 16.2. The number of hydrogen-bond donors (Lipinski definition) is 4. The van der Waals surface area contributed by atoms with Crippen LogP contribution in [0.25, 0.3) is 0 Å². The summed E-state index contributed by atoms with van der Waals surface area (Å²) in [5.41, 5.74) is 0.0417. The summed E-state index contributed by atoms with van der Waals surface area (Å²) in [5, 5.41) is 4.61. The lowest BCUT2D eigenvalue weighted by molar-refractivity contribution is -1.01. The molecule has 0 radical (unpaired) electrons. The number of carbonyl (C=O) groups is 2. The van der Waals surface area contributed by atoms with Crippen molar-refractivity contribution < 1.29 is 28.5 Å². The van der Waals surface area contributed by atoms with Gasteiger partial charge in [-0.2, -0.15) is 0 Å². The molecule has 3 amide bonds. The highest BCUT2D eigenvalue weighted by Crippen LogP contribution is 2.11. The van der Waals surface area contributed by atoms with Gasteiger partial charge in [-0.3, -0.25) is 10.1 Å². The predicted octanol–water partition coefficient (Wildman–Crippen LogP) is -0.664. The van der Waals surface area contributed by atoms with Gasteiger partial charge in [0.2, 0.25) is 0 Å². The first-order valence-electron chi connectivity index (χ1n) is 9.80. The minimum absolute atomic E-state index is 0.0417. The zero-order valence-corrected chi connectivity index (χ0v) is 16.2. The van der Waals surface area contributed by atoms with Gasteiger partial charge in [0, 0.05) is 0 Å². The Balaban J connectivity index is 1.32. The smallest absolute Gasteiger partial charge is 0.326 e. The molecular weight excluding hydrogens is 375 g/mol. The molecule has 0 aromatic heterocycles. The molecule has 0 aliphatic carbocycles. The van der Waals surface area contributed by atoms with Crippen LogP contribution in [0.4, 0.5) is 14.9 Å². The van der Waals surface area contributed by atoms with Crippen LogP contribution >= 0.6 is 0 Å². The molecule has 0 unspecified atom stereocenters. The number of carbonyl (C=O) groups excluding carboxylic acids is 2. The average molecular weight is 402 g/mol. The van der Waals surface area contributed by atoms with Crippen molar-refractivity contribution in [3.63, 3.8) is 0 Å². The maximum atomic E-state index is 13.5. The van der Waals surface area contributed by atoms with Crippen LogP contribution in [0.2, 0.25) is 0 Å². The van der Waals surface area contributed by atoms with Crippen LogP contribution in [-0.4, -0.2) is 57.8 Å². The van der Waals surface area contributed by atoms with E-state index in [4.69, 9.17) is 4.74 Å². The van der Waals surface area contributed by atoms with E-state index in [9.17, 15) is 14.0 Å². The number of halogens is 1. The fourth-order valence-corrected chi connectivity index (χ4v) is 3.33. The molecule has 1 fully saturated rings. The summed E-state index contributed by atoms with van der Waals surface area (Å²) in [7, 11) is 0. The maximum absolute atomic E-state index is 13.5. The highest BCUT2D eigenvalue weighted by molar-refractivity contribution is 6.01. The Labute approximate surface area is 169 Å². The maximum Gasteiger partial charge on any atom is 0.326 e. The van der Waals surface area contributed by atoms with E-state index in [1.807, 2.05) is 30.3 Å². The van der Waals surface area contributed by atoms with Crippen molar-refractivity contribution in [2.45, 2.75) is 0 Å². The molecule has 7 nitrogen and oxygen atoms in total. The predicted molar refractivity (Wildman–Crippen MR) is 107 cm³/mol. The van der Waals surface area contributed by atoms with Gasteiger partial charge in [-0.25, -0.2) is 9.18 Å². The Bertz CT molecular complexity index is 811. The van der Waals surface area contributed by atoms with Crippen LogP contribution in [0.1, 0.15) is 0 Å². The van der Waals surface area contributed by atoms with Crippen LogP contribution in [0, 0.1) is 5.82 Å². The summed E-state index contributed by atoms with van der Waals surface area (Å²) in [6, 6.07) is 14.8. The summed E-state index contributed by atoms with van der Waals surface area (Å²) in [5.74, 6) is -0.0396. The molecule has 1 aliphatic rings. The highest BCUT2D eigenvalue weighted by Gasteiger charge is 2.25. The van der Waals surface area contributed by atoms with Crippen molar-refractivity contribution in [2.75, 3.05) is 51.2 Å². The van der Waals surface area contributed by atoms with Gasteiger partial charge in [0.25, 0.3) is 5.91 Å². The van der Waals surface area contributed by atoms with Gasteiger partial charge in [0.15, 0.2) is 6.54 Å². The van der Waals surface area contributed by atoms with Crippen LogP contribution in [0.5, 0.6) is 5.75 Å².